The van der Waals surface area contributed by atoms with Gasteiger partial charge in [-0.05, 0) is 17.4 Å². The van der Waals surface area contributed by atoms with Crippen molar-refractivity contribution in [2.45, 2.75) is 26.4 Å². The maximum atomic E-state index is 11.0. The average Bonchev–Trinajstić information content (AvgIpc) is 2.92. The third kappa shape index (κ3) is 3.43. The van der Waals surface area contributed by atoms with E-state index in [1.165, 1.54) is 4.88 Å². The summed E-state index contributed by atoms with van der Waals surface area (Å²) in [6.45, 7) is 4.80. The molecule has 1 unspecified atom stereocenters. The maximum Gasteiger partial charge on any atom is 0.273 e. The van der Waals surface area contributed by atoms with Crippen molar-refractivity contribution in [1.82, 2.24) is 5.32 Å². The summed E-state index contributed by atoms with van der Waals surface area (Å²) in [4.78, 5) is 11.9. The van der Waals surface area contributed by atoms with Crippen LogP contribution in [0.5, 0.6) is 0 Å². The van der Waals surface area contributed by atoms with Gasteiger partial charge in [-0.25, -0.2) is 0 Å². The molecule has 0 aliphatic heterocycles. The van der Waals surface area contributed by atoms with E-state index in [1.54, 1.807) is 29.5 Å². The molecular weight excluding hydrogens is 272 g/mol. The van der Waals surface area contributed by atoms with E-state index in [9.17, 15) is 10.1 Å². The molecule has 1 N–H and O–H groups in total. The Labute approximate surface area is 122 Å². The number of benzene rings is 1. The molecule has 0 saturated carbocycles. The third-order valence-corrected chi connectivity index (χ3v) is 4.17. The fourth-order valence-corrected chi connectivity index (χ4v) is 3.16. The van der Waals surface area contributed by atoms with Gasteiger partial charge in [-0.2, -0.15) is 0 Å². The fourth-order valence-electron chi connectivity index (χ4n) is 2.19. The lowest BCUT2D eigenvalue weighted by Gasteiger charge is -2.21. The van der Waals surface area contributed by atoms with Crippen LogP contribution in [0.1, 0.15) is 30.3 Å². The molecule has 5 heteroatoms. The van der Waals surface area contributed by atoms with Crippen molar-refractivity contribution in [2.75, 3.05) is 0 Å². The van der Waals surface area contributed by atoms with Gasteiger partial charge < -0.3 is 5.32 Å². The normalized spacial score (nSPS) is 12.6. The number of nitro groups is 1. The lowest BCUT2D eigenvalue weighted by Crippen LogP contribution is -2.24. The summed E-state index contributed by atoms with van der Waals surface area (Å²) in [5.74, 6) is 0.427. The Balaban J connectivity index is 2.13. The summed E-state index contributed by atoms with van der Waals surface area (Å²) >= 11 is 1.71. The van der Waals surface area contributed by atoms with E-state index in [0.29, 0.717) is 12.5 Å². The monoisotopic (exact) mass is 290 g/mol. The van der Waals surface area contributed by atoms with Gasteiger partial charge in [0.05, 0.1) is 4.92 Å². The van der Waals surface area contributed by atoms with Gasteiger partial charge in [0, 0.05) is 29.1 Å². The number of nitrogens with zero attached hydrogens (tertiary/aromatic N) is 1. The first kappa shape index (κ1) is 14.7. The van der Waals surface area contributed by atoms with Gasteiger partial charge in [0.2, 0.25) is 0 Å². The third-order valence-electron chi connectivity index (χ3n) is 3.22. The van der Waals surface area contributed by atoms with Crippen LogP contribution in [0.15, 0.2) is 41.8 Å². The minimum Gasteiger partial charge on any atom is -0.305 e. The molecule has 0 aliphatic carbocycles. The van der Waals surface area contributed by atoms with Crippen LogP contribution in [0.25, 0.3) is 0 Å². The minimum absolute atomic E-state index is 0.175. The highest BCUT2D eigenvalue weighted by atomic mass is 32.1. The smallest absolute Gasteiger partial charge is 0.273 e. The van der Waals surface area contributed by atoms with E-state index in [0.717, 1.165) is 5.56 Å². The standard InChI is InChI=1S/C15H18N2O2S/c1-11(2)15(14-8-5-9-20-14)16-10-12-6-3-4-7-13(12)17(18)19/h3-9,11,15-16H,10H2,1-2H3. The number of thiophene rings is 1. The second-order valence-corrected chi connectivity index (χ2v) is 5.98. The van der Waals surface area contributed by atoms with Crippen molar-refractivity contribution in [3.8, 4) is 0 Å². The van der Waals surface area contributed by atoms with Crippen molar-refractivity contribution >= 4 is 17.0 Å². The first-order valence-electron chi connectivity index (χ1n) is 6.58. The van der Waals surface area contributed by atoms with Gasteiger partial charge in [-0.3, -0.25) is 10.1 Å². The van der Waals surface area contributed by atoms with Crippen LogP contribution in [0.3, 0.4) is 0 Å². The van der Waals surface area contributed by atoms with Crippen molar-refractivity contribution in [3.63, 3.8) is 0 Å². The summed E-state index contributed by atoms with van der Waals surface area (Å²) in [5, 5.41) is 16.5. The SMILES string of the molecule is CC(C)C(NCc1ccccc1[N+](=O)[O-])c1cccs1. The Morgan fingerprint density at radius 3 is 2.60 bits per heavy atom. The zero-order chi connectivity index (χ0) is 14.5. The van der Waals surface area contributed by atoms with Crippen LogP contribution in [-0.2, 0) is 6.54 Å². The largest absolute Gasteiger partial charge is 0.305 e. The molecule has 0 saturated heterocycles. The highest BCUT2D eigenvalue weighted by Gasteiger charge is 2.18. The van der Waals surface area contributed by atoms with E-state index >= 15 is 0 Å². The maximum absolute atomic E-state index is 11.0. The Kier molecular flexibility index (Phi) is 4.87. The quantitative estimate of drug-likeness (QED) is 0.642. The van der Waals surface area contributed by atoms with Gasteiger partial charge in [0.1, 0.15) is 0 Å². The van der Waals surface area contributed by atoms with Crippen LogP contribution >= 0.6 is 11.3 Å². The van der Waals surface area contributed by atoms with E-state index in [2.05, 4.69) is 30.6 Å². The number of rotatable bonds is 6. The Morgan fingerprint density at radius 1 is 1.25 bits per heavy atom. The number of hydrogen-bond acceptors (Lipinski definition) is 4. The molecule has 20 heavy (non-hydrogen) atoms. The van der Waals surface area contributed by atoms with Gasteiger partial charge in [0.25, 0.3) is 5.69 Å². The molecule has 1 aromatic carbocycles. The second kappa shape index (κ2) is 6.63. The van der Waals surface area contributed by atoms with E-state index in [1.807, 2.05) is 12.1 Å². The van der Waals surface area contributed by atoms with Crippen molar-refractivity contribution in [2.24, 2.45) is 5.92 Å². The summed E-state index contributed by atoms with van der Waals surface area (Å²) in [6.07, 6.45) is 0. The molecule has 1 aromatic heterocycles. The summed E-state index contributed by atoms with van der Waals surface area (Å²) in [5.41, 5.74) is 0.897. The van der Waals surface area contributed by atoms with Gasteiger partial charge in [-0.1, -0.05) is 38.1 Å². The molecule has 0 bridgehead atoms. The molecule has 1 heterocycles. The van der Waals surface area contributed by atoms with E-state index in [4.69, 9.17) is 0 Å². The topological polar surface area (TPSA) is 55.2 Å². The molecule has 0 radical (unpaired) electrons. The van der Waals surface area contributed by atoms with Crippen molar-refractivity contribution in [3.05, 3.63) is 62.3 Å². The zero-order valence-corrected chi connectivity index (χ0v) is 12.4. The first-order valence-corrected chi connectivity index (χ1v) is 7.46. The van der Waals surface area contributed by atoms with E-state index < -0.39 is 0 Å². The molecule has 0 fully saturated rings. The van der Waals surface area contributed by atoms with Gasteiger partial charge in [0.15, 0.2) is 0 Å². The van der Waals surface area contributed by atoms with Crippen molar-refractivity contribution in [1.29, 1.82) is 0 Å². The van der Waals surface area contributed by atoms with E-state index in [-0.39, 0.29) is 16.7 Å². The summed E-state index contributed by atoms with van der Waals surface area (Å²) < 4.78 is 0. The zero-order valence-electron chi connectivity index (χ0n) is 11.6. The predicted octanol–water partition coefficient (Wildman–Crippen LogP) is 4.14. The predicted molar refractivity (Wildman–Crippen MR) is 81.8 cm³/mol. The molecule has 2 aromatic rings. The molecule has 106 valence electrons. The molecule has 0 aliphatic rings. The summed E-state index contributed by atoms with van der Waals surface area (Å²) in [6, 6.07) is 11.2. The highest BCUT2D eigenvalue weighted by molar-refractivity contribution is 7.10. The molecule has 0 amide bonds. The highest BCUT2D eigenvalue weighted by Crippen LogP contribution is 2.27. The average molecular weight is 290 g/mol. The molecule has 0 spiro atoms. The van der Waals surface area contributed by atoms with Crippen LogP contribution < -0.4 is 5.32 Å². The molecule has 4 nitrogen and oxygen atoms in total. The fraction of sp³-hybridized carbons (Fsp3) is 0.333. The lowest BCUT2D eigenvalue weighted by atomic mass is 10.0. The number of para-hydroxylation sites is 1. The Hall–Kier alpha value is -1.72. The van der Waals surface area contributed by atoms with Gasteiger partial charge in [-0.15, -0.1) is 11.3 Å². The molecule has 1 atom stereocenters. The Bertz CT molecular complexity index is 567. The second-order valence-electron chi connectivity index (χ2n) is 5.00. The van der Waals surface area contributed by atoms with Gasteiger partial charge >= 0.3 is 0 Å². The number of hydrogen-bond donors (Lipinski definition) is 1. The van der Waals surface area contributed by atoms with Crippen LogP contribution in [0.2, 0.25) is 0 Å². The number of nitrogens with one attached hydrogen (secondary N) is 1. The summed E-state index contributed by atoms with van der Waals surface area (Å²) in [7, 11) is 0. The molecular formula is C15H18N2O2S. The molecule has 2 rings (SSSR count). The first-order chi connectivity index (χ1) is 9.59. The Morgan fingerprint density at radius 2 is 2.00 bits per heavy atom. The minimum atomic E-state index is -0.327. The van der Waals surface area contributed by atoms with Crippen LogP contribution in [-0.4, -0.2) is 4.92 Å². The lowest BCUT2D eigenvalue weighted by molar-refractivity contribution is -0.385. The van der Waals surface area contributed by atoms with Crippen molar-refractivity contribution < 1.29 is 4.92 Å². The van der Waals surface area contributed by atoms with Crippen LogP contribution in [0, 0.1) is 16.0 Å². The van der Waals surface area contributed by atoms with Crippen LogP contribution in [0.4, 0.5) is 5.69 Å². The number of nitro benzene ring substituents is 1.